The quantitative estimate of drug-likeness (QED) is 0.930. The molecule has 0 fully saturated rings. The lowest BCUT2D eigenvalue weighted by Crippen LogP contribution is -2.21. The van der Waals surface area contributed by atoms with E-state index in [9.17, 15) is 4.79 Å². The normalized spacial score (nSPS) is 13.7. The van der Waals surface area contributed by atoms with E-state index in [4.69, 9.17) is 13.9 Å². The van der Waals surface area contributed by atoms with Gasteiger partial charge >= 0.3 is 6.01 Å². The van der Waals surface area contributed by atoms with E-state index in [1.165, 1.54) is 17.4 Å². The number of hydrogen-bond acceptors (Lipinski definition) is 6. The molecule has 0 unspecified atom stereocenters. The lowest BCUT2D eigenvalue weighted by molar-refractivity contribution is -0.117. The molecule has 1 aliphatic rings. The van der Waals surface area contributed by atoms with Crippen LogP contribution < -0.4 is 5.32 Å². The molecule has 1 amide bonds. The standard InChI is InChI=1S/C16H17N3O4/c1-10-3-4-12(7-11(10)2)8-14-18-19-16(23-14)17-15(20)13-9-21-5-6-22-13/h3-4,7,9H,5-6,8H2,1-2H3,(H,17,19,20). The van der Waals surface area contributed by atoms with Gasteiger partial charge in [0.1, 0.15) is 19.5 Å². The fraction of sp³-hybridized carbons (Fsp3) is 0.312. The number of aromatic nitrogens is 2. The van der Waals surface area contributed by atoms with Gasteiger partial charge in [0.05, 0.1) is 6.42 Å². The maximum atomic E-state index is 11.9. The number of carbonyl (C=O) groups is 1. The summed E-state index contributed by atoms with van der Waals surface area (Å²) < 4.78 is 15.6. The number of carbonyl (C=O) groups excluding carboxylic acids is 1. The minimum Gasteiger partial charge on any atom is -0.494 e. The first-order valence-electron chi connectivity index (χ1n) is 7.26. The van der Waals surface area contributed by atoms with Crippen LogP contribution in [0.4, 0.5) is 6.01 Å². The Morgan fingerprint density at radius 1 is 1.22 bits per heavy atom. The Kier molecular flexibility index (Phi) is 4.27. The third-order valence-corrected chi connectivity index (χ3v) is 3.49. The number of nitrogens with zero attached hydrogens (tertiary/aromatic N) is 2. The van der Waals surface area contributed by atoms with Crippen LogP contribution in [0.1, 0.15) is 22.6 Å². The first-order valence-corrected chi connectivity index (χ1v) is 7.26. The van der Waals surface area contributed by atoms with Crippen LogP contribution in [-0.2, 0) is 20.7 Å². The van der Waals surface area contributed by atoms with Gasteiger partial charge in [-0.2, -0.15) is 0 Å². The molecule has 1 N–H and O–H groups in total. The van der Waals surface area contributed by atoms with E-state index in [2.05, 4.69) is 41.5 Å². The monoisotopic (exact) mass is 315 g/mol. The molecule has 0 atom stereocenters. The second-order valence-corrected chi connectivity index (χ2v) is 5.25. The van der Waals surface area contributed by atoms with Crippen molar-refractivity contribution < 1.29 is 18.7 Å². The fourth-order valence-corrected chi connectivity index (χ4v) is 2.11. The number of benzene rings is 1. The minimum atomic E-state index is -0.480. The van der Waals surface area contributed by atoms with Crippen LogP contribution in [0.25, 0.3) is 0 Å². The molecule has 120 valence electrons. The van der Waals surface area contributed by atoms with Crippen molar-refractivity contribution in [3.8, 4) is 0 Å². The Labute approximate surface area is 133 Å². The summed E-state index contributed by atoms with van der Waals surface area (Å²) in [6, 6.07) is 6.18. The summed E-state index contributed by atoms with van der Waals surface area (Å²) in [5.74, 6) is 0.0367. The van der Waals surface area contributed by atoms with Gasteiger partial charge in [-0.15, -0.1) is 5.10 Å². The van der Waals surface area contributed by atoms with E-state index < -0.39 is 5.91 Å². The van der Waals surface area contributed by atoms with Gasteiger partial charge in [-0.3, -0.25) is 10.1 Å². The number of aryl methyl sites for hydroxylation is 2. The summed E-state index contributed by atoms with van der Waals surface area (Å²) in [5, 5.41) is 10.2. The Morgan fingerprint density at radius 3 is 2.83 bits per heavy atom. The Bertz CT molecular complexity index is 752. The molecular formula is C16H17N3O4. The van der Waals surface area contributed by atoms with Gasteiger partial charge in [-0.25, -0.2) is 0 Å². The molecule has 0 saturated carbocycles. The minimum absolute atomic E-state index is 0.0314. The maximum Gasteiger partial charge on any atom is 0.322 e. The maximum absolute atomic E-state index is 11.9. The molecule has 23 heavy (non-hydrogen) atoms. The zero-order chi connectivity index (χ0) is 16.2. The molecule has 0 saturated heterocycles. The topological polar surface area (TPSA) is 86.5 Å². The highest BCUT2D eigenvalue weighted by atomic mass is 16.6. The first-order chi connectivity index (χ1) is 11.1. The van der Waals surface area contributed by atoms with Crippen LogP contribution in [0.5, 0.6) is 0 Å². The molecule has 2 heterocycles. The lowest BCUT2D eigenvalue weighted by Gasteiger charge is -2.13. The highest BCUT2D eigenvalue weighted by Crippen LogP contribution is 2.15. The zero-order valence-corrected chi connectivity index (χ0v) is 13.0. The van der Waals surface area contributed by atoms with Crippen molar-refractivity contribution in [2.24, 2.45) is 0 Å². The SMILES string of the molecule is Cc1ccc(Cc2nnc(NC(=O)C3=COCCO3)o2)cc1C. The summed E-state index contributed by atoms with van der Waals surface area (Å²) in [7, 11) is 0. The molecule has 7 heteroatoms. The van der Waals surface area contributed by atoms with Crippen molar-refractivity contribution in [3.05, 3.63) is 52.8 Å². The summed E-state index contributed by atoms with van der Waals surface area (Å²) >= 11 is 0. The van der Waals surface area contributed by atoms with Crippen molar-refractivity contribution in [1.29, 1.82) is 0 Å². The fourth-order valence-electron chi connectivity index (χ4n) is 2.11. The Balaban J connectivity index is 1.64. The Morgan fingerprint density at radius 2 is 2.09 bits per heavy atom. The average Bonchev–Trinajstić information content (AvgIpc) is 2.99. The third-order valence-electron chi connectivity index (χ3n) is 3.49. The highest BCUT2D eigenvalue weighted by Gasteiger charge is 2.18. The van der Waals surface area contributed by atoms with Gasteiger partial charge < -0.3 is 13.9 Å². The Hall–Kier alpha value is -2.83. The number of ether oxygens (including phenoxy) is 2. The van der Waals surface area contributed by atoms with Crippen LogP contribution in [-0.4, -0.2) is 29.3 Å². The molecule has 2 aromatic rings. The average molecular weight is 315 g/mol. The molecular weight excluding hydrogens is 298 g/mol. The van der Waals surface area contributed by atoms with Gasteiger partial charge in [-0.1, -0.05) is 23.3 Å². The molecule has 1 aromatic carbocycles. The number of amides is 1. The number of hydrogen-bond donors (Lipinski definition) is 1. The summed E-state index contributed by atoms with van der Waals surface area (Å²) in [5.41, 5.74) is 3.51. The van der Waals surface area contributed by atoms with Crippen molar-refractivity contribution in [2.45, 2.75) is 20.3 Å². The number of anilines is 1. The van der Waals surface area contributed by atoms with Gasteiger partial charge in [0.2, 0.25) is 11.6 Å². The molecule has 3 rings (SSSR count). The summed E-state index contributed by atoms with van der Waals surface area (Å²) in [6.07, 6.45) is 1.78. The predicted octanol–water partition coefficient (Wildman–Crippen LogP) is 2.10. The van der Waals surface area contributed by atoms with Gasteiger partial charge in [0.15, 0.2) is 0 Å². The summed E-state index contributed by atoms with van der Waals surface area (Å²) in [4.78, 5) is 11.9. The van der Waals surface area contributed by atoms with E-state index in [-0.39, 0.29) is 11.8 Å². The number of rotatable bonds is 4. The molecule has 7 nitrogen and oxygen atoms in total. The van der Waals surface area contributed by atoms with Crippen LogP contribution >= 0.6 is 0 Å². The van der Waals surface area contributed by atoms with Crippen LogP contribution in [0.3, 0.4) is 0 Å². The van der Waals surface area contributed by atoms with Crippen molar-refractivity contribution >= 4 is 11.9 Å². The molecule has 0 aliphatic carbocycles. The third kappa shape index (κ3) is 3.68. The summed E-state index contributed by atoms with van der Waals surface area (Å²) in [6.45, 7) is 4.88. The van der Waals surface area contributed by atoms with E-state index >= 15 is 0 Å². The van der Waals surface area contributed by atoms with Gasteiger partial charge in [-0.05, 0) is 30.5 Å². The molecule has 0 bridgehead atoms. The largest absolute Gasteiger partial charge is 0.494 e. The van der Waals surface area contributed by atoms with Crippen LogP contribution in [0.15, 0.2) is 34.6 Å². The molecule has 0 radical (unpaired) electrons. The lowest BCUT2D eigenvalue weighted by atomic mass is 10.0. The highest BCUT2D eigenvalue weighted by molar-refractivity contribution is 6.00. The van der Waals surface area contributed by atoms with Crippen molar-refractivity contribution in [3.63, 3.8) is 0 Å². The number of nitrogens with one attached hydrogen (secondary N) is 1. The zero-order valence-electron chi connectivity index (χ0n) is 13.0. The predicted molar refractivity (Wildman–Crippen MR) is 81.6 cm³/mol. The van der Waals surface area contributed by atoms with Crippen LogP contribution in [0, 0.1) is 13.8 Å². The van der Waals surface area contributed by atoms with E-state index in [1.54, 1.807) is 0 Å². The second-order valence-electron chi connectivity index (χ2n) is 5.25. The smallest absolute Gasteiger partial charge is 0.322 e. The van der Waals surface area contributed by atoms with Gasteiger partial charge in [0.25, 0.3) is 5.91 Å². The first kappa shape index (κ1) is 15.1. The van der Waals surface area contributed by atoms with Crippen molar-refractivity contribution in [2.75, 3.05) is 18.5 Å². The molecule has 1 aliphatic heterocycles. The second kappa shape index (κ2) is 6.51. The molecule has 1 aromatic heterocycles. The van der Waals surface area contributed by atoms with E-state index in [1.807, 2.05) is 6.07 Å². The van der Waals surface area contributed by atoms with Crippen LogP contribution in [0.2, 0.25) is 0 Å². The van der Waals surface area contributed by atoms with E-state index in [0.717, 1.165) is 5.56 Å². The van der Waals surface area contributed by atoms with Gasteiger partial charge in [0, 0.05) is 0 Å². The molecule has 0 spiro atoms. The van der Waals surface area contributed by atoms with E-state index in [0.29, 0.717) is 25.5 Å². The van der Waals surface area contributed by atoms with Crippen molar-refractivity contribution in [1.82, 2.24) is 10.2 Å².